The SMILES string of the molecule is C=C1C2CC3(C4C[C@H]5C6(C(O)CC[C@@]5(C)CN(CC)C46)[C@@H]3CC2O)[C@@H]1OC(C)=O. The third kappa shape index (κ3) is 1.81. The van der Waals surface area contributed by atoms with Gasteiger partial charge in [-0.2, -0.15) is 0 Å². The van der Waals surface area contributed by atoms with Crippen LogP contribution in [0.15, 0.2) is 12.2 Å². The molecule has 6 rings (SSSR count). The lowest BCUT2D eigenvalue weighted by Crippen LogP contribution is -2.68. The molecule has 5 nitrogen and oxygen atoms in total. The number of aliphatic hydroxyl groups is 2. The van der Waals surface area contributed by atoms with E-state index in [-0.39, 0.29) is 46.3 Å². The number of fused-ring (bicyclic) bond motifs is 1. The van der Waals surface area contributed by atoms with Gasteiger partial charge in [0, 0.05) is 36.3 Å². The summed E-state index contributed by atoms with van der Waals surface area (Å²) in [5, 5.41) is 22.8. The van der Waals surface area contributed by atoms with E-state index in [1.807, 2.05) is 0 Å². The molecule has 6 aliphatic rings. The first-order chi connectivity index (χ1) is 13.7. The lowest BCUT2D eigenvalue weighted by molar-refractivity contribution is -0.220. The van der Waals surface area contributed by atoms with Crippen molar-refractivity contribution < 1.29 is 19.7 Å². The molecular formula is C24H35NO4. The van der Waals surface area contributed by atoms with Gasteiger partial charge in [-0.25, -0.2) is 0 Å². The van der Waals surface area contributed by atoms with Crippen LogP contribution >= 0.6 is 0 Å². The summed E-state index contributed by atoms with van der Waals surface area (Å²) in [5.41, 5.74) is 0.812. The molecule has 29 heavy (non-hydrogen) atoms. The third-order valence-electron chi connectivity index (χ3n) is 10.8. The number of carbonyl (C=O) groups excluding carboxylic acids is 1. The van der Waals surface area contributed by atoms with Crippen molar-refractivity contribution in [2.45, 2.75) is 77.2 Å². The number of rotatable bonds is 2. The molecule has 2 N–H and O–H groups in total. The Hall–Kier alpha value is -0.910. The molecule has 0 radical (unpaired) electrons. The molecule has 1 aliphatic heterocycles. The summed E-state index contributed by atoms with van der Waals surface area (Å²) in [5.74, 6) is 0.875. The van der Waals surface area contributed by atoms with Gasteiger partial charge in [0.2, 0.25) is 0 Å². The molecule has 5 aliphatic carbocycles. The molecule has 0 aromatic carbocycles. The number of nitrogens with zero attached hydrogens (tertiary/aromatic N) is 1. The van der Waals surface area contributed by atoms with Crippen LogP contribution < -0.4 is 0 Å². The number of aliphatic hydroxyl groups excluding tert-OH is 2. The molecule has 11 atom stereocenters. The van der Waals surface area contributed by atoms with Crippen molar-refractivity contribution in [3.63, 3.8) is 0 Å². The second-order valence-electron chi connectivity index (χ2n) is 11.5. The van der Waals surface area contributed by atoms with Crippen LogP contribution in [0, 0.1) is 39.9 Å². The Morgan fingerprint density at radius 1 is 1.31 bits per heavy atom. The van der Waals surface area contributed by atoms with Gasteiger partial charge >= 0.3 is 5.97 Å². The van der Waals surface area contributed by atoms with Crippen molar-refractivity contribution in [3.8, 4) is 0 Å². The molecule has 7 bridgehead atoms. The second-order valence-corrected chi connectivity index (χ2v) is 11.5. The first kappa shape index (κ1) is 18.8. The predicted molar refractivity (Wildman–Crippen MR) is 108 cm³/mol. The smallest absolute Gasteiger partial charge is 0.303 e. The lowest BCUT2D eigenvalue weighted by atomic mass is 9.43. The summed E-state index contributed by atoms with van der Waals surface area (Å²) < 4.78 is 6.01. The molecule has 7 unspecified atom stereocenters. The summed E-state index contributed by atoms with van der Waals surface area (Å²) in [7, 11) is 0. The Morgan fingerprint density at radius 3 is 2.76 bits per heavy atom. The molecule has 1 saturated heterocycles. The third-order valence-corrected chi connectivity index (χ3v) is 10.8. The van der Waals surface area contributed by atoms with E-state index in [4.69, 9.17) is 4.74 Å². The van der Waals surface area contributed by atoms with Crippen LogP contribution in [0.3, 0.4) is 0 Å². The molecular weight excluding hydrogens is 366 g/mol. The van der Waals surface area contributed by atoms with Gasteiger partial charge in [-0.3, -0.25) is 9.69 Å². The summed E-state index contributed by atoms with van der Waals surface area (Å²) >= 11 is 0. The van der Waals surface area contributed by atoms with Gasteiger partial charge in [0.15, 0.2) is 0 Å². The number of hydrogen-bond donors (Lipinski definition) is 2. The molecule has 160 valence electrons. The second kappa shape index (κ2) is 5.46. The molecule has 0 amide bonds. The van der Waals surface area contributed by atoms with Crippen molar-refractivity contribution in [1.29, 1.82) is 0 Å². The minimum absolute atomic E-state index is 0.0217. The summed E-state index contributed by atoms with van der Waals surface area (Å²) in [6, 6.07) is 0.334. The van der Waals surface area contributed by atoms with Crippen molar-refractivity contribution in [2.24, 2.45) is 39.9 Å². The zero-order chi connectivity index (χ0) is 20.5. The van der Waals surface area contributed by atoms with E-state index in [9.17, 15) is 15.0 Å². The summed E-state index contributed by atoms with van der Waals surface area (Å²) in [4.78, 5) is 14.7. The van der Waals surface area contributed by atoms with E-state index in [0.717, 1.165) is 50.8 Å². The standard InChI is InChI=1S/C24H35NO4/c1-5-25-11-22(4)7-6-19(28)24-17(22)8-15(20(24)25)23-10-14(16(27)9-18(23)24)12(2)21(23)29-13(3)26/h14-21,27-28H,2,5-11H2,1,3-4H3/t14?,15?,16?,17-,18-,19?,20?,21-,22+,23?,24?/m1/s1. The fourth-order valence-corrected chi connectivity index (χ4v) is 10.3. The van der Waals surface area contributed by atoms with Crippen LogP contribution in [0.4, 0.5) is 0 Å². The molecule has 1 heterocycles. The van der Waals surface area contributed by atoms with Crippen LogP contribution in [-0.4, -0.2) is 58.5 Å². The largest absolute Gasteiger partial charge is 0.457 e. The van der Waals surface area contributed by atoms with Gasteiger partial charge in [0.1, 0.15) is 6.10 Å². The van der Waals surface area contributed by atoms with E-state index >= 15 is 0 Å². The van der Waals surface area contributed by atoms with Crippen molar-refractivity contribution >= 4 is 5.97 Å². The molecule has 5 saturated carbocycles. The van der Waals surface area contributed by atoms with E-state index in [0.29, 0.717) is 17.9 Å². The molecule has 6 fully saturated rings. The highest BCUT2D eigenvalue weighted by Gasteiger charge is 2.85. The maximum atomic E-state index is 12.1. The number of carbonyl (C=O) groups is 1. The number of likely N-dealkylation sites (tertiary alicyclic amines) is 1. The number of ether oxygens (including phenoxy) is 1. The number of piperidine rings is 1. The van der Waals surface area contributed by atoms with Crippen LogP contribution in [0.1, 0.15) is 52.9 Å². The molecule has 0 aromatic rings. The normalized spacial score (nSPS) is 59.7. The van der Waals surface area contributed by atoms with Gasteiger partial charge in [0.25, 0.3) is 0 Å². The molecule has 0 aromatic heterocycles. The Kier molecular flexibility index (Phi) is 3.55. The summed E-state index contributed by atoms with van der Waals surface area (Å²) in [6.07, 6.45) is 3.58. The highest BCUT2D eigenvalue weighted by atomic mass is 16.5. The molecule has 5 heteroatoms. The number of hydrogen-bond acceptors (Lipinski definition) is 5. The van der Waals surface area contributed by atoms with Crippen LogP contribution in [0.5, 0.6) is 0 Å². The maximum absolute atomic E-state index is 12.1. The van der Waals surface area contributed by atoms with Crippen LogP contribution in [0.2, 0.25) is 0 Å². The fourth-order valence-electron chi connectivity index (χ4n) is 10.3. The average molecular weight is 402 g/mol. The quantitative estimate of drug-likeness (QED) is 0.549. The van der Waals surface area contributed by atoms with E-state index in [1.165, 1.54) is 6.92 Å². The first-order valence-corrected chi connectivity index (χ1v) is 11.7. The highest BCUT2D eigenvalue weighted by molar-refractivity contribution is 5.67. The van der Waals surface area contributed by atoms with Crippen LogP contribution in [-0.2, 0) is 9.53 Å². The van der Waals surface area contributed by atoms with Gasteiger partial charge in [-0.1, -0.05) is 20.4 Å². The topological polar surface area (TPSA) is 70.0 Å². The number of esters is 1. The van der Waals surface area contributed by atoms with Gasteiger partial charge in [-0.05, 0) is 67.4 Å². The Morgan fingerprint density at radius 2 is 2.07 bits per heavy atom. The monoisotopic (exact) mass is 401 g/mol. The van der Waals surface area contributed by atoms with E-state index in [2.05, 4.69) is 25.3 Å². The lowest BCUT2D eigenvalue weighted by Gasteiger charge is -2.65. The minimum Gasteiger partial charge on any atom is -0.457 e. The molecule has 2 spiro atoms. The van der Waals surface area contributed by atoms with Crippen LogP contribution in [0.25, 0.3) is 0 Å². The predicted octanol–water partition coefficient (Wildman–Crippen LogP) is 2.36. The Labute approximate surface area is 173 Å². The van der Waals surface area contributed by atoms with Crippen molar-refractivity contribution in [3.05, 3.63) is 12.2 Å². The Bertz CT molecular complexity index is 798. The van der Waals surface area contributed by atoms with Crippen molar-refractivity contribution in [1.82, 2.24) is 4.90 Å². The van der Waals surface area contributed by atoms with Gasteiger partial charge < -0.3 is 14.9 Å². The maximum Gasteiger partial charge on any atom is 0.303 e. The van der Waals surface area contributed by atoms with E-state index in [1.54, 1.807) is 0 Å². The van der Waals surface area contributed by atoms with Gasteiger partial charge in [-0.15, -0.1) is 0 Å². The first-order valence-electron chi connectivity index (χ1n) is 11.7. The fraction of sp³-hybridized carbons (Fsp3) is 0.875. The van der Waals surface area contributed by atoms with E-state index < -0.39 is 6.10 Å². The van der Waals surface area contributed by atoms with Gasteiger partial charge in [0.05, 0.1) is 12.2 Å². The summed E-state index contributed by atoms with van der Waals surface area (Å²) in [6.45, 7) is 12.6. The Balaban J connectivity index is 1.58. The average Bonchev–Trinajstić information content (AvgIpc) is 3.19. The van der Waals surface area contributed by atoms with Crippen molar-refractivity contribution in [2.75, 3.05) is 13.1 Å². The minimum atomic E-state index is -0.439. The zero-order valence-corrected chi connectivity index (χ0v) is 17.9. The zero-order valence-electron chi connectivity index (χ0n) is 17.9. The highest BCUT2D eigenvalue weighted by Crippen LogP contribution is 2.83.